The summed E-state index contributed by atoms with van der Waals surface area (Å²) >= 11 is 1.47. The maximum atomic E-state index is 12.7. The van der Waals surface area contributed by atoms with Crippen LogP contribution in [0, 0.1) is 6.92 Å². The molecule has 2 aromatic carbocycles. The highest BCUT2D eigenvalue weighted by Crippen LogP contribution is 2.29. The van der Waals surface area contributed by atoms with Crippen LogP contribution in [0.3, 0.4) is 0 Å². The summed E-state index contributed by atoms with van der Waals surface area (Å²) in [5.74, 6) is 0.688. The van der Waals surface area contributed by atoms with Crippen molar-refractivity contribution in [2.24, 2.45) is 0 Å². The van der Waals surface area contributed by atoms with Crippen molar-refractivity contribution in [3.63, 3.8) is 0 Å². The molecule has 2 heterocycles. The maximum Gasteiger partial charge on any atom is 0.237 e. The van der Waals surface area contributed by atoms with Crippen LogP contribution in [-0.2, 0) is 4.79 Å². The van der Waals surface area contributed by atoms with Crippen LogP contribution in [0.2, 0.25) is 0 Å². The molecule has 0 radical (unpaired) electrons. The predicted octanol–water partition coefficient (Wildman–Crippen LogP) is 5.05. The molecule has 6 heteroatoms. The van der Waals surface area contributed by atoms with E-state index in [9.17, 15) is 4.79 Å². The summed E-state index contributed by atoms with van der Waals surface area (Å²) in [6.07, 6.45) is 3.83. The smallest absolute Gasteiger partial charge is 0.237 e. The van der Waals surface area contributed by atoms with E-state index in [1.165, 1.54) is 36.7 Å². The fourth-order valence-electron chi connectivity index (χ4n) is 3.62. The molecule has 5 nitrogen and oxygen atoms in total. The van der Waals surface area contributed by atoms with Gasteiger partial charge in [-0.1, -0.05) is 30.0 Å². The number of amides is 1. The van der Waals surface area contributed by atoms with Gasteiger partial charge in [-0.25, -0.2) is 9.97 Å². The van der Waals surface area contributed by atoms with E-state index in [1.54, 1.807) is 0 Å². The molecular formula is C23H26N4OS. The van der Waals surface area contributed by atoms with E-state index in [2.05, 4.69) is 32.3 Å². The lowest BCUT2D eigenvalue weighted by Gasteiger charge is -2.28. The maximum absolute atomic E-state index is 12.7. The number of rotatable bonds is 5. The highest BCUT2D eigenvalue weighted by molar-refractivity contribution is 8.00. The van der Waals surface area contributed by atoms with Gasteiger partial charge in [0.05, 0.1) is 10.8 Å². The van der Waals surface area contributed by atoms with Crippen molar-refractivity contribution in [2.75, 3.05) is 23.3 Å². The molecule has 0 unspecified atom stereocenters. The molecule has 1 amide bonds. The zero-order chi connectivity index (χ0) is 20.2. The summed E-state index contributed by atoms with van der Waals surface area (Å²) in [5.41, 5.74) is 2.96. The normalized spacial score (nSPS) is 15.3. The molecule has 150 valence electrons. The largest absolute Gasteiger partial charge is 0.372 e. The molecular weight excluding hydrogens is 380 g/mol. The number of carbonyl (C=O) groups is 1. The number of hydrogen-bond donors (Lipinski definition) is 1. The highest BCUT2D eigenvalue weighted by Gasteiger charge is 2.18. The SMILES string of the molecule is Cc1nc(S[C@H](C)C(=O)Nc2ccc(N3CCCCC3)cc2)c2ccccc2n1. The van der Waals surface area contributed by atoms with E-state index >= 15 is 0 Å². The Hall–Kier alpha value is -2.60. The number of aryl methyl sites for hydroxylation is 1. The number of nitrogens with one attached hydrogen (secondary N) is 1. The number of hydrogen-bond acceptors (Lipinski definition) is 5. The Morgan fingerprint density at radius 3 is 2.52 bits per heavy atom. The van der Waals surface area contributed by atoms with Gasteiger partial charge in [0.2, 0.25) is 5.91 Å². The molecule has 0 spiro atoms. The first-order valence-electron chi connectivity index (χ1n) is 10.2. The molecule has 0 saturated carbocycles. The number of thioether (sulfide) groups is 1. The Morgan fingerprint density at radius 1 is 1.03 bits per heavy atom. The van der Waals surface area contributed by atoms with Crippen molar-refractivity contribution in [2.45, 2.75) is 43.4 Å². The highest BCUT2D eigenvalue weighted by atomic mass is 32.2. The molecule has 3 aromatic rings. The van der Waals surface area contributed by atoms with E-state index in [0.717, 1.165) is 34.7 Å². The summed E-state index contributed by atoms with van der Waals surface area (Å²) < 4.78 is 0. The van der Waals surface area contributed by atoms with Crippen molar-refractivity contribution in [3.05, 3.63) is 54.4 Å². The number of para-hydroxylation sites is 1. The van der Waals surface area contributed by atoms with Crippen LogP contribution in [0.4, 0.5) is 11.4 Å². The number of piperidine rings is 1. The Morgan fingerprint density at radius 2 is 1.76 bits per heavy atom. The average Bonchev–Trinajstić information content (AvgIpc) is 2.74. The van der Waals surface area contributed by atoms with Crippen LogP contribution < -0.4 is 10.2 Å². The topological polar surface area (TPSA) is 58.1 Å². The first-order chi connectivity index (χ1) is 14.1. The number of carbonyl (C=O) groups excluding carboxylic acids is 1. The van der Waals surface area contributed by atoms with Crippen LogP contribution in [0.5, 0.6) is 0 Å². The zero-order valence-electron chi connectivity index (χ0n) is 16.9. The Balaban J connectivity index is 1.42. The minimum absolute atomic E-state index is 0.0268. The summed E-state index contributed by atoms with van der Waals surface area (Å²) in [6, 6.07) is 16.1. The third kappa shape index (κ3) is 4.70. The predicted molar refractivity (Wildman–Crippen MR) is 121 cm³/mol. The molecule has 0 aliphatic carbocycles. The van der Waals surface area contributed by atoms with Crippen LogP contribution in [0.15, 0.2) is 53.6 Å². The first-order valence-corrected chi connectivity index (χ1v) is 11.0. The lowest BCUT2D eigenvalue weighted by molar-refractivity contribution is -0.115. The van der Waals surface area contributed by atoms with Gasteiger partial charge in [0.1, 0.15) is 10.9 Å². The Bertz CT molecular complexity index is 999. The standard InChI is InChI=1S/C23H26N4OS/c1-16(29-23-20-8-4-5-9-21(20)24-17(2)25-23)22(28)26-18-10-12-19(13-11-18)27-14-6-3-7-15-27/h4-5,8-13,16H,3,6-7,14-15H2,1-2H3,(H,26,28)/t16-/m1/s1. The van der Waals surface area contributed by atoms with E-state index in [0.29, 0.717) is 5.82 Å². The second kappa shape index (κ2) is 8.82. The molecule has 1 saturated heterocycles. The van der Waals surface area contributed by atoms with Crippen LogP contribution >= 0.6 is 11.8 Å². The average molecular weight is 407 g/mol. The number of nitrogens with zero attached hydrogens (tertiary/aromatic N) is 3. The Labute approximate surface area is 175 Å². The molecule has 1 N–H and O–H groups in total. The van der Waals surface area contributed by atoms with Crippen molar-refractivity contribution >= 4 is 39.9 Å². The minimum atomic E-state index is -0.269. The first kappa shape index (κ1) is 19.7. The monoisotopic (exact) mass is 406 g/mol. The van der Waals surface area contributed by atoms with E-state index in [1.807, 2.05) is 50.2 Å². The van der Waals surface area contributed by atoms with Crippen molar-refractivity contribution in [1.29, 1.82) is 0 Å². The summed E-state index contributed by atoms with van der Waals surface area (Å²) in [4.78, 5) is 24.2. The summed E-state index contributed by atoms with van der Waals surface area (Å²) in [7, 11) is 0. The fraction of sp³-hybridized carbons (Fsp3) is 0.348. The number of fused-ring (bicyclic) bond motifs is 1. The molecule has 1 atom stereocenters. The third-order valence-electron chi connectivity index (χ3n) is 5.19. The van der Waals surface area contributed by atoms with Crippen molar-refractivity contribution in [3.8, 4) is 0 Å². The number of benzene rings is 2. The van der Waals surface area contributed by atoms with E-state index < -0.39 is 0 Å². The quantitative estimate of drug-likeness (QED) is 0.475. The number of anilines is 2. The van der Waals surface area contributed by atoms with Gasteiger partial charge in [0.15, 0.2) is 0 Å². The lowest BCUT2D eigenvalue weighted by Crippen LogP contribution is -2.29. The van der Waals surface area contributed by atoms with Gasteiger partial charge in [0, 0.05) is 29.9 Å². The Kier molecular flexibility index (Phi) is 6.00. The fourth-order valence-corrected chi connectivity index (χ4v) is 4.61. The number of aromatic nitrogens is 2. The van der Waals surface area contributed by atoms with Gasteiger partial charge < -0.3 is 10.2 Å². The second-order valence-corrected chi connectivity index (χ2v) is 8.77. The lowest BCUT2D eigenvalue weighted by atomic mass is 10.1. The molecule has 29 heavy (non-hydrogen) atoms. The van der Waals surface area contributed by atoms with Gasteiger partial charge in [-0.3, -0.25) is 4.79 Å². The summed E-state index contributed by atoms with van der Waals surface area (Å²) in [6.45, 7) is 6.02. The zero-order valence-corrected chi connectivity index (χ0v) is 17.7. The molecule has 1 aliphatic rings. The second-order valence-electron chi connectivity index (χ2n) is 7.44. The van der Waals surface area contributed by atoms with Gasteiger partial charge in [0.25, 0.3) is 0 Å². The summed E-state index contributed by atoms with van der Waals surface area (Å²) in [5, 5.41) is 4.59. The van der Waals surface area contributed by atoms with E-state index in [-0.39, 0.29) is 11.2 Å². The minimum Gasteiger partial charge on any atom is -0.372 e. The van der Waals surface area contributed by atoms with Crippen molar-refractivity contribution in [1.82, 2.24) is 9.97 Å². The third-order valence-corrected chi connectivity index (χ3v) is 6.30. The van der Waals surface area contributed by atoms with Gasteiger partial charge in [-0.2, -0.15) is 0 Å². The van der Waals surface area contributed by atoms with Crippen molar-refractivity contribution < 1.29 is 4.79 Å². The molecule has 0 bridgehead atoms. The van der Waals surface area contributed by atoms with Crippen LogP contribution in [0.25, 0.3) is 10.9 Å². The molecule has 1 fully saturated rings. The van der Waals surface area contributed by atoms with E-state index in [4.69, 9.17) is 0 Å². The van der Waals surface area contributed by atoms with Crippen LogP contribution in [-0.4, -0.2) is 34.2 Å². The molecule has 4 rings (SSSR count). The van der Waals surface area contributed by atoms with Crippen LogP contribution in [0.1, 0.15) is 32.0 Å². The van der Waals surface area contributed by atoms with Gasteiger partial charge in [-0.05, 0) is 63.4 Å². The van der Waals surface area contributed by atoms with Gasteiger partial charge >= 0.3 is 0 Å². The molecule has 1 aromatic heterocycles. The van der Waals surface area contributed by atoms with Gasteiger partial charge in [-0.15, -0.1) is 0 Å². The molecule has 1 aliphatic heterocycles.